The predicted molar refractivity (Wildman–Crippen MR) is 126 cm³/mol. The molecule has 1 N–H and O–H groups in total. The van der Waals surface area contributed by atoms with Crippen molar-refractivity contribution in [3.8, 4) is 0 Å². The zero-order valence-corrected chi connectivity index (χ0v) is 19.8. The van der Waals surface area contributed by atoms with Crippen molar-refractivity contribution in [2.45, 2.75) is 39.0 Å². The van der Waals surface area contributed by atoms with E-state index in [1.165, 1.54) is 32.1 Å². The molecular formula is C20H35IN6O. The highest BCUT2D eigenvalue weighted by Crippen LogP contribution is 2.30. The molecule has 158 valence electrons. The van der Waals surface area contributed by atoms with Crippen LogP contribution in [0.1, 0.15) is 39.0 Å². The maximum absolute atomic E-state index is 12.3. The van der Waals surface area contributed by atoms with Gasteiger partial charge < -0.3 is 19.7 Å². The SMILES string of the molecule is CN=C(NCCC1CCCC(C)C1)N1CCN(c2nccn(C)c2=O)CC1.I. The zero-order chi connectivity index (χ0) is 19.2. The summed E-state index contributed by atoms with van der Waals surface area (Å²) in [6, 6.07) is 0. The van der Waals surface area contributed by atoms with E-state index in [-0.39, 0.29) is 29.5 Å². The van der Waals surface area contributed by atoms with Crippen LogP contribution in [0.3, 0.4) is 0 Å². The van der Waals surface area contributed by atoms with Gasteiger partial charge in [0.15, 0.2) is 11.8 Å². The summed E-state index contributed by atoms with van der Waals surface area (Å²) in [5.41, 5.74) is -0.0323. The molecule has 0 bridgehead atoms. The van der Waals surface area contributed by atoms with Crippen LogP contribution in [0.5, 0.6) is 0 Å². The molecule has 3 rings (SSSR count). The van der Waals surface area contributed by atoms with Crippen LogP contribution in [-0.2, 0) is 7.05 Å². The van der Waals surface area contributed by atoms with Gasteiger partial charge in [0.25, 0.3) is 5.56 Å². The van der Waals surface area contributed by atoms with E-state index < -0.39 is 0 Å². The second-order valence-electron chi connectivity index (χ2n) is 8.04. The average Bonchev–Trinajstić information content (AvgIpc) is 2.68. The summed E-state index contributed by atoms with van der Waals surface area (Å²) >= 11 is 0. The number of guanidine groups is 1. The largest absolute Gasteiger partial charge is 0.356 e. The van der Waals surface area contributed by atoms with Gasteiger partial charge in [-0.15, -0.1) is 24.0 Å². The smallest absolute Gasteiger partial charge is 0.293 e. The Morgan fingerprint density at radius 3 is 2.71 bits per heavy atom. The lowest BCUT2D eigenvalue weighted by Crippen LogP contribution is -2.53. The minimum Gasteiger partial charge on any atom is -0.356 e. The van der Waals surface area contributed by atoms with Crippen molar-refractivity contribution >= 4 is 35.8 Å². The highest BCUT2D eigenvalue weighted by atomic mass is 127. The number of hydrogen-bond acceptors (Lipinski definition) is 4. The number of nitrogens with zero attached hydrogens (tertiary/aromatic N) is 5. The van der Waals surface area contributed by atoms with Gasteiger partial charge in [-0.2, -0.15) is 0 Å². The molecule has 0 aromatic carbocycles. The van der Waals surface area contributed by atoms with Crippen molar-refractivity contribution in [3.63, 3.8) is 0 Å². The normalized spacial score (nSPS) is 23.3. The van der Waals surface area contributed by atoms with Gasteiger partial charge in [0.2, 0.25) is 0 Å². The Kier molecular flexibility index (Phi) is 9.04. The van der Waals surface area contributed by atoms with E-state index >= 15 is 0 Å². The van der Waals surface area contributed by atoms with Crippen molar-refractivity contribution in [2.75, 3.05) is 44.7 Å². The van der Waals surface area contributed by atoms with Gasteiger partial charge >= 0.3 is 0 Å². The molecule has 2 heterocycles. The third-order valence-corrected chi connectivity index (χ3v) is 5.97. The summed E-state index contributed by atoms with van der Waals surface area (Å²) in [5.74, 6) is 3.27. The molecule has 0 spiro atoms. The molecule has 0 amide bonds. The monoisotopic (exact) mass is 502 g/mol. The quantitative estimate of drug-likeness (QED) is 0.389. The van der Waals surface area contributed by atoms with E-state index in [1.807, 2.05) is 7.05 Å². The summed E-state index contributed by atoms with van der Waals surface area (Å²) in [6.45, 7) is 6.64. The molecule has 8 heteroatoms. The Hall–Kier alpha value is -1.32. The molecule has 0 radical (unpaired) electrons. The summed E-state index contributed by atoms with van der Waals surface area (Å²) in [5, 5.41) is 3.55. The van der Waals surface area contributed by atoms with E-state index in [1.54, 1.807) is 24.0 Å². The number of aliphatic imine (C=N–C) groups is 1. The van der Waals surface area contributed by atoms with Crippen LogP contribution in [-0.4, -0.2) is 60.2 Å². The van der Waals surface area contributed by atoms with Gasteiger partial charge in [-0.3, -0.25) is 9.79 Å². The Morgan fingerprint density at radius 2 is 2.04 bits per heavy atom. The van der Waals surface area contributed by atoms with Crippen molar-refractivity contribution in [3.05, 3.63) is 22.7 Å². The molecule has 28 heavy (non-hydrogen) atoms. The van der Waals surface area contributed by atoms with Crippen LogP contribution in [0.4, 0.5) is 5.82 Å². The average molecular weight is 502 g/mol. The van der Waals surface area contributed by atoms with Crippen molar-refractivity contribution in [2.24, 2.45) is 23.9 Å². The summed E-state index contributed by atoms with van der Waals surface area (Å²) in [6.07, 6.45) is 10.1. The van der Waals surface area contributed by atoms with Gasteiger partial charge in [0.05, 0.1) is 0 Å². The molecule has 1 aliphatic carbocycles. The number of halogens is 1. The molecule has 7 nitrogen and oxygen atoms in total. The first-order chi connectivity index (χ1) is 13.1. The Labute approximate surface area is 185 Å². The van der Waals surface area contributed by atoms with E-state index in [0.29, 0.717) is 5.82 Å². The predicted octanol–water partition coefficient (Wildman–Crippen LogP) is 2.31. The Balaban J connectivity index is 0.00000280. The molecule has 2 aliphatic rings. The first kappa shape index (κ1) is 23.0. The number of aryl methyl sites for hydroxylation is 1. The highest BCUT2D eigenvalue weighted by molar-refractivity contribution is 14.0. The van der Waals surface area contributed by atoms with Crippen LogP contribution in [0.15, 0.2) is 22.2 Å². The lowest BCUT2D eigenvalue weighted by molar-refractivity contribution is 0.269. The van der Waals surface area contributed by atoms with Crippen molar-refractivity contribution in [1.82, 2.24) is 19.8 Å². The van der Waals surface area contributed by atoms with E-state index in [4.69, 9.17) is 0 Å². The molecule has 2 atom stereocenters. The number of piperazine rings is 1. The fraction of sp³-hybridized carbons (Fsp3) is 0.750. The number of anilines is 1. The third-order valence-electron chi connectivity index (χ3n) is 5.97. The Bertz CT molecular complexity index is 698. The van der Waals surface area contributed by atoms with Gasteiger partial charge in [0, 0.05) is 59.2 Å². The number of hydrogen-bond donors (Lipinski definition) is 1. The summed E-state index contributed by atoms with van der Waals surface area (Å²) in [4.78, 5) is 25.4. The maximum atomic E-state index is 12.3. The highest BCUT2D eigenvalue weighted by Gasteiger charge is 2.23. The molecule has 2 unspecified atom stereocenters. The second kappa shape index (κ2) is 11.0. The van der Waals surface area contributed by atoms with Gasteiger partial charge in [-0.05, 0) is 24.7 Å². The summed E-state index contributed by atoms with van der Waals surface area (Å²) in [7, 11) is 3.62. The first-order valence-electron chi connectivity index (χ1n) is 10.3. The minimum absolute atomic E-state index is 0. The topological polar surface area (TPSA) is 65.8 Å². The van der Waals surface area contributed by atoms with E-state index in [9.17, 15) is 4.79 Å². The molecule has 1 aromatic rings. The summed E-state index contributed by atoms with van der Waals surface area (Å²) < 4.78 is 1.58. The number of aromatic nitrogens is 2. The van der Waals surface area contributed by atoms with Crippen LogP contribution >= 0.6 is 24.0 Å². The van der Waals surface area contributed by atoms with E-state index in [2.05, 4.69) is 32.0 Å². The number of nitrogens with one attached hydrogen (secondary N) is 1. The first-order valence-corrected chi connectivity index (χ1v) is 10.3. The molecule has 1 aromatic heterocycles. The van der Waals surface area contributed by atoms with Gasteiger partial charge in [-0.1, -0.05) is 26.2 Å². The van der Waals surface area contributed by atoms with E-state index in [0.717, 1.165) is 50.5 Å². The van der Waals surface area contributed by atoms with Crippen LogP contribution in [0, 0.1) is 11.8 Å². The minimum atomic E-state index is -0.0323. The molecule has 1 saturated carbocycles. The molecule has 1 saturated heterocycles. The standard InChI is InChI=1S/C20H34N6O.HI/c1-16-5-4-6-17(15-16)7-8-23-20(21-2)26-13-11-25(12-14-26)18-19(27)24(3)10-9-22-18;/h9-10,16-17H,4-8,11-15H2,1-3H3,(H,21,23);1H. The van der Waals surface area contributed by atoms with Crippen LogP contribution in [0.25, 0.3) is 0 Å². The molecule has 2 fully saturated rings. The molecule has 1 aliphatic heterocycles. The lowest BCUT2D eigenvalue weighted by Gasteiger charge is -2.37. The lowest BCUT2D eigenvalue weighted by atomic mass is 9.81. The van der Waals surface area contributed by atoms with Gasteiger partial charge in [0.1, 0.15) is 0 Å². The van der Waals surface area contributed by atoms with Gasteiger partial charge in [-0.25, -0.2) is 4.98 Å². The third kappa shape index (κ3) is 5.84. The second-order valence-corrected chi connectivity index (χ2v) is 8.04. The molecular weight excluding hydrogens is 467 g/mol. The number of rotatable bonds is 4. The fourth-order valence-electron chi connectivity index (χ4n) is 4.37. The Morgan fingerprint density at radius 1 is 1.29 bits per heavy atom. The zero-order valence-electron chi connectivity index (χ0n) is 17.4. The fourth-order valence-corrected chi connectivity index (χ4v) is 4.37. The van der Waals surface area contributed by atoms with Crippen LogP contribution < -0.4 is 15.8 Å². The van der Waals surface area contributed by atoms with Crippen LogP contribution in [0.2, 0.25) is 0 Å². The van der Waals surface area contributed by atoms with Crippen molar-refractivity contribution in [1.29, 1.82) is 0 Å². The maximum Gasteiger partial charge on any atom is 0.293 e. The van der Waals surface area contributed by atoms with Crippen molar-refractivity contribution < 1.29 is 0 Å².